The summed E-state index contributed by atoms with van der Waals surface area (Å²) in [5.74, 6) is 0.741. The Morgan fingerprint density at radius 1 is 0.895 bits per heavy atom. The summed E-state index contributed by atoms with van der Waals surface area (Å²) in [5.41, 5.74) is 2.00. The zero-order valence-electron chi connectivity index (χ0n) is 10.7. The topological polar surface area (TPSA) is 32.3 Å². The number of thiol groups is 1. The average Bonchev–Trinajstić information content (AvgIpc) is 2.49. The van der Waals surface area contributed by atoms with Gasteiger partial charge in [0.05, 0.1) is 12.1 Å². The van der Waals surface area contributed by atoms with E-state index in [0.717, 1.165) is 23.4 Å². The molecule has 0 aliphatic heterocycles. The smallest absolute Gasteiger partial charge is 0.0984 e. The first-order chi connectivity index (χ1) is 9.33. The molecule has 0 aliphatic carbocycles. The van der Waals surface area contributed by atoms with Crippen LogP contribution >= 0.6 is 12.6 Å². The van der Waals surface area contributed by atoms with E-state index in [-0.39, 0.29) is 6.04 Å². The molecule has 2 N–H and O–H groups in total. The van der Waals surface area contributed by atoms with Crippen molar-refractivity contribution in [1.29, 1.82) is 0 Å². The summed E-state index contributed by atoms with van der Waals surface area (Å²) < 4.78 is 0. The Balaban J connectivity index is 2.22. The summed E-state index contributed by atoms with van der Waals surface area (Å²) in [7, 11) is 0. The highest BCUT2D eigenvalue weighted by Gasteiger charge is 2.21. The molecule has 2 atom stereocenters. The quantitative estimate of drug-likeness (QED) is 0.707. The van der Waals surface area contributed by atoms with Crippen molar-refractivity contribution >= 4 is 12.6 Å². The van der Waals surface area contributed by atoms with Gasteiger partial charge in [0.25, 0.3) is 0 Å². The maximum Gasteiger partial charge on any atom is 0.0984 e. The van der Waals surface area contributed by atoms with Crippen molar-refractivity contribution in [2.24, 2.45) is 0 Å². The molecule has 0 amide bonds. The van der Waals surface area contributed by atoms with Gasteiger partial charge in [0, 0.05) is 12.3 Å². The summed E-state index contributed by atoms with van der Waals surface area (Å²) in [4.78, 5) is 0. The van der Waals surface area contributed by atoms with E-state index >= 15 is 0 Å². The Hall–Kier alpha value is -1.29. The first kappa shape index (κ1) is 14.1. The van der Waals surface area contributed by atoms with Crippen molar-refractivity contribution in [2.45, 2.75) is 12.1 Å². The van der Waals surface area contributed by atoms with E-state index in [4.69, 9.17) is 0 Å². The number of benzene rings is 2. The van der Waals surface area contributed by atoms with Gasteiger partial charge in [0.2, 0.25) is 0 Å². The van der Waals surface area contributed by atoms with Crippen LogP contribution in [0.25, 0.3) is 0 Å². The molecular weight excluding hydrogens is 254 g/mol. The molecule has 2 unspecified atom stereocenters. The maximum absolute atomic E-state index is 10.6. The van der Waals surface area contributed by atoms with Crippen LogP contribution in [0.1, 0.15) is 23.3 Å². The first-order valence-corrected chi connectivity index (χ1v) is 7.08. The van der Waals surface area contributed by atoms with Gasteiger partial charge in [0.15, 0.2) is 0 Å². The molecule has 0 spiro atoms. The molecule has 100 valence electrons. The molecule has 19 heavy (non-hydrogen) atoms. The van der Waals surface area contributed by atoms with E-state index in [2.05, 4.69) is 17.9 Å². The normalized spacial score (nSPS) is 14.0. The molecule has 2 nitrogen and oxygen atoms in total. The van der Waals surface area contributed by atoms with E-state index in [1.165, 1.54) is 0 Å². The second kappa shape index (κ2) is 7.34. The number of nitrogens with one attached hydrogen (secondary N) is 1. The molecule has 3 heteroatoms. The Bertz CT molecular complexity index is 475. The Kier molecular flexibility index (Phi) is 5.45. The number of hydrogen-bond acceptors (Lipinski definition) is 3. The maximum atomic E-state index is 10.6. The molecule has 0 radical (unpaired) electrons. The van der Waals surface area contributed by atoms with Crippen molar-refractivity contribution in [2.75, 3.05) is 12.3 Å². The molecule has 0 saturated carbocycles. The minimum absolute atomic E-state index is 0.115. The standard InChI is InChI=1S/C16H19NOS/c18-16(14-9-5-2-6-10-14)15(17-11-12-19)13-7-3-1-4-8-13/h1-10,15-19H,11-12H2. The van der Waals surface area contributed by atoms with Gasteiger partial charge in [-0.3, -0.25) is 0 Å². The predicted octanol–water partition coefficient (Wildman–Crippen LogP) is 2.98. The number of rotatable bonds is 6. The fourth-order valence-corrected chi connectivity index (χ4v) is 2.26. The lowest BCUT2D eigenvalue weighted by Crippen LogP contribution is -2.28. The van der Waals surface area contributed by atoms with Gasteiger partial charge in [0.1, 0.15) is 0 Å². The van der Waals surface area contributed by atoms with Crippen LogP contribution in [0.2, 0.25) is 0 Å². The Labute approximate surface area is 119 Å². The average molecular weight is 273 g/mol. The summed E-state index contributed by atoms with van der Waals surface area (Å²) >= 11 is 4.22. The van der Waals surface area contributed by atoms with Gasteiger partial charge in [-0.1, -0.05) is 60.7 Å². The molecule has 2 aromatic rings. The van der Waals surface area contributed by atoms with Gasteiger partial charge in [-0.15, -0.1) is 0 Å². The zero-order chi connectivity index (χ0) is 13.5. The van der Waals surface area contributed by atoms with Crippen LogP contribution in [0.4, 0.5) is 0 Å². The largest absolute Gasteiger partial charge is 0.386 e. The SMILES string of the molecule is OC(c1ccccc1)C(NCCS)c1ccccc1. The van der Waals surface area contributed by atoms with Crippen molar-refractivity contribution in [3.05, 3.63) is 71.8 Å². The first-order valence-electron chi connectivity index (χ1n) is 6.45. The second-order valence-electron chi connectivity index (χ2n) is 4.42. The van der Waals surface area contributed by atoms with Crippen LogP contribution < -0.4 is 5.32 Å². The van der Waals surface area contributed by atoms with Crippen LogP contribution in [0.3, 0.4) is 0 Å². The molecular formula is C16H19NOS. The highest BCUT2D eigenvalue weighted by atomic mass is 32.1. The minimum Gasteiger partial charge on any atom is -0.386 e. The summed E-state index contributed by atoms with van der Waals surface area (Å²) in [5, 5.41) is 13.9. The van der Waals surface area contributed by atoms with Crippen molar-refractivity contribution in [1.82, 2.24) is 5.32 Å². The monoisotopic (exact) mass is 273 g/mol. The van der Waals surface area contributed by atoms with Crippen LogP contribution in [0.5, 0.6) is 0 Å². The van der Waals surface area contributed by atoms with Gasteiger partial charge in [-0.25, -0.2) is 0 Å². The Morgan fingerprint density at radius 2 is 1.42 bits per heavy atom. The van der Waals surface area contributed by atoms with Gasteiger partial charge in [-0.2, -0.15) is 12.6 Å². The third-order valence-electron chi connectivity index (χ3n) is 3.09. The second-order valence-corrected chi connectivity index (χ2v) is 4.87. The Morgan fingerprint density at radius 3 is 1.95 bits per heavy atom. The third-order valence-corrected chi connectivity index (χ3v) is 3.32. The minimum atomic E-state index is -0.566. The predicted molar refractivity (Wildman–Crippen MR) is 82.4 cm³/mol. The fraction of sp³-hybridized carbons (Fsp3) is 0.250. The lowest BCUT2D eigenvalue weighted by molar-refractivity contribution is 0.130. The number of hydrogen-bond donors (Lipinski definition) is 3. The molecule has 0 fully saturated rings. The molecule has 0 aliphatic rings. The van der Waals surface area contributed by atoms with E-state index in [1.54, 1.807) is 0 Å². The van der Waals surface area contributed by atoms with E-state index in [1.807, 2.05) is 60.7 Å². The van der Waals surface area contributed by atoms with Crippen molar-refractivity contribution in [3.63, 3.8) is 0 Å². The third kappa shape index (κ3) is 3.83. The number of aliphatic hydroxyl groups excluding tert-OH is 1. The highest BCUT2D eigenvalue weighted by Crippen LogP contribution is 2.28. The number of aliphatic hydroxyl groups is 1. The van der Waals surface area contributed by atoms with Gasteiger partial charge < -0.3 is 10.4 Å². The van der Waals surface area contributed by atoms with Gasteiger partial charge >= 0.3 is 0 Å². The van der Waals surface area contributed by atoms with E-state index < -0.39 is 6.10 Å². The molecule has 0 heterocycles. The van der Waals surface area contributed by atoms with Gasteiger partial charge in [-0.05, 0) is 11.1 Å². The van der Waals surface area contributed by atoms with Crippen LogP contribution in [-0.4, -0.2) is 17.4 Å². The summed E-state index contributed by atoms with van der Waals surface area (Å²) in [6.07, 6.45) is -0.566. The molecule has 0 bridgehead atoms. The van der Waals surface area contributed by atoms with E-state index in [0.29, 0.717) is 0 Å². The highest BCUT2D eigenvalue weighted by molar-refractivity contribution is 7.80. The molecule has 2 rings (SSSR count). The summed E-state index contributed by atoms with van der Waals surface area (Å²) in [6, 6.07) is 19.6. The van der Waals surface area contributed by atoms with E-state index in [9.17, 15) is 5.11 Å². The van der Waals surface area contributed by atoms with Crippen molar-refractivity contribution < 1.29 is 5.11 Å². The van der Waals surface area contributed by atoms with Crippen LogP contribution in [0, 0.1) is 0 Å². The lowest BCUT2D eigenvalue weighted by atomic mass is 9.96. The van der Waals surface area contributed by atoms with Crippen LogP contribution in [0.15, 0.2) is 60.7 Å². The van der Waals surface area contributed by atoms with Crippen molar-refractivity contribution in [3.8, 4) is 0 Å². The summed E-state index contributed by atoms with van der Waals surface area (Å²) in [6.45, 7) is 0.757. The molecule has 0 aromatic heterocycles. The molecule has 0 saturated heterocycles. The fourth-order valence-electron chi connectivity index (χ4n) is 2.13. The lowest BCUT2D eigenvalue weighted by Gasteiger charge is -2.25. The van der Waals surface area contributed by atoms with Crippen LogP contribution in [-0.2, 0) is 0 Å². The zero-order valence-corrected chi connectivity index (χ0v) is 11.6. The molecule has 2 aromatic carbocycles.